The number of nitrogens with zero attached hydrogens (tertiary/aromatic N) is 5. The summed E-state index contributed by atoms with van der Waals surface area (Å²) in [6.07, 6.45) is 3.26. The molecule has 0 saturated carbocycles. The molecule has 1 amide bonds. The van der Waals surface area contributed by atoms with Crippen LogP contribution in [0, 0.1) is 5.82 Å². The van der Waals surface area contributed by atoms with Gasteiger partial charge in [-0.15, -0.1) is 0 Å². The molecule has 4 rings (SSSR count). The van der Waals surface area contributed by atoms with E-state index in [1.54, 1.807) is 36.4 Å². The Morgan fingerprint density at radius 2 is 1.86 bits per heavy atom. The molecule has 35 heavy (non-hydrogen) atoms. The van der Waals surface area contributed by atoms with E-state index in [2.05, 4.69) is 49.0 Å². The molecule has 2 saturated heterocycles. The first-order chi connectivity index (χ1) is 16.4. The van der Waals surface area contributed by atoms with Gasteiger partial charge in [-0.2, -0.15) is 0 Å². The van der Waals surface area contributed by atoms with Crippen molar-refractivity contribution in [3.05, 3.63) is 42.0 Å². The molecule has 10 heteroatoms. The van der Waals surface area contributed by atoms with Crippen LogP contribution in [-0.2, 0) is 20.7 Å². The summed E-state index contributed by atoms with van der Waals surface area (Å²) in [7, 11) is -1.98. The molecule has 0 radical (unpaired) electrons. The highest BCUT2D eigenvalue weighted by molar-refractivity contribution is 6.74. The smallest absolute Gasteiger partial charge is 0.225 e. The van der Waals surface area contributed by atoms with Crippen molar-refractivity contribution in [1.29, 1.82) is 0 Å². The fourth-order valence-corrected chi connectivity index (χ4v) is 4.47. The van der Waals surface area contributed by atoms with Gasteiger partial charge in [-0.1, -0.05) is 44.1 Å². The molecule has 0 spiro atoms. The summed E-state index contributed by atoms with van der Waals surface area (Å²) >= 11 is 0. The van der Waals surface area contributed by atoms with E-state index in [0.717, 1.165) is 5.71 Å². The molecule has 2 aliphatic heterocycles. The first-order valence-corrected chi connectivity index (χ1v) is 14.8. The van der Waals surface area contributed by atoms with Crippen LogP contribution < -0.4 is 4.90 Å². The highest BCUT2D eigenvalue weighted by atomic mass is 28.4. The Bertz CT molecular complexity index is 1100. The second kappa shape index (κ2) is 9.66. The molecular weight excluding hydrogens is 465 g/mol. The molecule has 2 fully saturated rings. The molecule has 2 aromatic rings. The summed E-state index contributed by atoms with van der Waals surface area (Å²) in [5.41, 5.74) is 2.53. The number of hydrogen-bond acceptors (Lipinski definition) is 7. The minimum Gasteiger partial charge on any atom is -0.412 e. The Kier molecular flexibility index (Phi) is 6.96. The summed E-state index contributed by atoms with van der Waals surface area (Å²) in [5.74, 6) is 0.327. The van der Waals surface area contributed by atoms with Gasteiger partial charge < -0.3 is 19.1 Å². The third kappa shape index (κ3) is 5.53. The zero-order valence-corrected chi connectivity index (χ0v) is 22.3. The van der Waals surface area contributed by atoms with Crippen LogP contribution in [-0.4, -0.2) is 67.1 Å². The molecule has 0 atom stereocenters. The number of hydrogen-bond donors (Lipinski definition) is 0. The molecule has 8 nitrogen and oxygen atoms in total. The van der Waals surface area contributed by atoms with Gasteiger partial charge in [0.05, 0.1) is 38.5 Å². The van der Waals surface area contributed by atoms with Crippen LogP contribution >= 0.6 is 0 Å². The number of carbonyl (C=O) groups is 1. The van der Waals surface area contributed by atoms with Gasteiger partial charge in [-0.3, -0.25) is 4.79 Å². The Hall–Kier alpha value is -2.85. The number of likely N-dealkylation sites (tertiary alicyclic amines) is 1. The topological polar surface area (TPSA) is 80.2 Å². The van der Waals surface area contributed by atoms with Crippen LogP contribution in [0.4, 0.5) is 10.3 Å². The average Bonchev–Trinajstić information content (AvgIpc) is 2.72. The zero-order valence-electron chi connectivity index (χ0n) is 21.3. The maximum atomic E-state index is 15.3. The number of aromatic nitrogens is 2. The minimum atomic E-state index is -1.98. The predicted octanol–water partition coefficient (Wildman–Crippen LogP) is 4.23. The maximum Gasteiger partial charge on any atom is 0.225 e. The predicted molar refractivity (Wildman–Crippen MR) is 136 cm³/mol. The number of amides is 1. The van der Waals surface area contributed by atoms with E-state index in [1.165, 1.54) is 0 Å². The van der Waals surface area contributed by atoms with Crippen LogP contribution in [0.15, 0.2) is 35.7 Å². The van der Waals surface area contributed by atoms with Gasteiger partial charge in [-0.05, 0) is 18.1 Å². The summed E-state index contributed by atoms with van der Waals surface area (Å²) in [4.78, 5) is 29.3. The highest BCUT2D eigenvalue weighted by Crippen LogP contribution is 2.37. The van der Waals surface area contributed by atoms with Gasteiger partial charge in [0.25, 0.3) is 0 Å². The Balaban J connectivity index is 1.33. The van der Waals surface area contributed by atoms with Gasteiger partial charge in [0.2, 0.25) is 11.9 Å². The van der Waals surface area contributed by atoms with E-state index in [9.17, 15) is 4.79 Å². The molecule has 1 aromatic heterocycles. The monoisotopic (exact) mass is 499 g/mol. The highest BCUT2D eigenvalue weighted by Gasteiger charge is 2.37. The van der Waals surface area contributed by atoms with E-state index >= 15 is 4.39 Å². The molecule has 1 aromatic carbocycles. The molecule has 3 heterocycles. The van der Waals surface area contributed by atoms with Crippen LogP contribution in [0.1, 0.15) is 33.3 Å². The molecule has 0 aliphatic carbocycles. The van der Waals surface area contributed by atoms with Crippen LogP contribution in [0.3, 0.4) is 0 Å². The Morgan fingerprint density at radius 1 is 1.20 bits per heavy atom. The van der Waals surface area contributed by atoms with E-state index < -0.39 is 8.32 Å². The van der Waals surface area contributed by atoms with Gasteiger partial charge in [-0.25, -0.2) is 14.4 Å². The van der Waals surface area contributed by atoms with Gasteiger partial charge in [0, 0.05) is 36.0 Å². The number of oxime groups is 1. The van der Waals surface area contributed by atoms with Crippen molar-refractivity contribution in [1.82, 2.24) is 14.9 Å². The van der Waals surface area contributed by atoms with E-state index in [1.807, 2.05) is 11.0 Å². The Morgan fingerprint density at radius 3 is 2.46 bits per heavy atom. The second-order valence-corrected chi connectivity index (χ2v) is 15.6. The third-order valence-corrected chi connectivity index (χ3v) is 11.6. The number of anilines is 1. The standard InChI is InChI=1S/C25H34FN5O3Si/c1-17(32)30-14-21(15-30)34-29-20-12-31(13-20)24-27-10-19(11-28-24)22-9-7-8-18(23(22)26)16-33-35(5,6)25(2,3)4/h7-11,21H,12-16H2,1-6H3. The number of halogens is 1. The second-order valence-electron chi connectivity index (χ2n) is 10.8. The fraction of sp³-hybridized carbons (Fsp3) is 0.520. The summed E-state index contributed by atoms with van der Waals surface area (Å²) in [5, 5.41) is 4.24. The van der Waals surface area contributed by atoms with E-state index in [4.69, 9.17) is 9.26 Å². The number of benzene rings is 1. The normalized spacial score (nSPS) is 16.6. The lowest BCUT2D eigenvalue weighted by molar-refractivity contribution is -0.142. The van der Waals surface area contributed by atoms with Gasteiger partial charge >= 0.3 is 0 Å². The van der Waals surface area contributed by atoms with Crippen LogP contribution in [0.25, 0.3) is 11.1 Å². The SMILES string of the molecule is CC(=O)N1CC(ON=C2CN(c3ncc(-c4cccc(CO[Si](C)(C)C(C)(C)C)c4F)cn3)C2)C1. The first kappa shape index (κ1) is 25.2. The van der Waals surface area contributed by atoms with Crippen LogP contribution in [0.5, 0.6) is 0 Å². The molecule has 0 unspecified atom stereocenters. The Labute approximate surface area is 207 Å². The molecular formula is C25H34FN5O3Si. The molecule has 0 bridgehead atoms. The fourth-order valence-electron chi connectivity index (χ4n) is 3.52. The van der Waals surface area contributed by atoms with Crippen molar-refractivity contribution in [2.75, 3.05) is 31.1 Å². The van der Waals surface area contributed by atoms with Gasteiger partial charge in [0.1, 0.15) is 5.82 Å². The first-order valence-electron chi connectivity index (χ1n) is 11.9. The maximum absolute atomic E-state index is 15.3. The van der Waals surface area contributed by atoms with Crippen molar-refractivity contribution in [2.45, 2.75) is 58.5 Å². The zero-order chi connectivity index (χ0) is 25.4. The lowest BCUT2D eigenvalue weighted by Crippen LogP contribution is -2.54. The summed E-state index contributed by atoms with van der Waals surface area (Å²) in [6, 6.07) is 5.35. The quantitative estimate of drug-likeness (QED) is 0.419. The van der Waals surface area contributed by atoms with Crippen molar-refractivity contribution in [3.8, 4) is 11.1 Å². The summed E-state index contributed by atoms with van der Waals surface area (Å²) in [6.45, 7) is 15.0. The average molecular weight is 500 g/mol. The van der Waals surface area contributed by atoms with Crippen molar-refractivity contribution >= 4 is 25.9 Å². The van der Waals surface area contributed by atoms with Crippen molar-refractivity contribution in [2.24, 2.45) is 5.16 Å². The lowest BCUT2D eigenvalue weighted by atomic mass is 10.1. The van der Waals surface area contributed by atoms with Gasteiger partial charge in [0.15, 0.2) is 14.4 Å². The lowest BCUT2D eigenvalue weighted by Gasteiger charge is -2.37. The molecule has 188 valence electrons. The number of carbonyl (C=O) groups excluding carboxylic acids is 1. The number of rotatable bonds is 7. The van der Waals surface area contributed by atoms with E-state index in [-0.39, 0.29) is 29.5 Å². The summed E-state index contributed by atoms with van der Waals surface area (Å²) < 4.78 is 21.5. The van der Waals surface area contributed by atoms with Crippen molar-refractivity contribution in [3.63, 3.8) is 0 Å². The molecule has 0 N–H and O–H groups in total. The van der Waals surface area contributed by atoms with Crippen molar-refractivity contribution < 1.29 is 18.4 Å². The van der Waals surface area contributed by atoms with Crippen LogP contribution in [0.2, 0.25) is 18.1 Å². The van der Waals surface area contributed by atoms with E-state index in [0.29, 0.717) is 48.8 Å². The third-order valence-electron chi connectivity index (χ3n) is 7.08. The molecule has 2 aliphatic rings. The minimum absolute atomic E-state index is 0.0334. The largest absolute Gasteiger partial charge is 0.412 e.